The van der Waals surface area contributed by atoms with Gasteiger partial charge in [-0.1, -0.05) is 12.2 Å². The Morgan fingerprint density at radius 3 is 2.84 bits per heavy atom. The molecule has 5 rings (SSSR count). The average Bonchev–Trinajstić information content (AvgIpc) is 2.96. The van der Waals surface area contributed by atoms with Crippen molar-refractivity contribution in [1.82, 2.24) is 0 Å². The second kappa shape index (κ2) is 4.18. The minimum absolute atomic E-state index is 0.0121. The monoisotopic (exact) mass is 346 g/mol. The van der Waals surface area contributed by atoms with Crippen molar-refractivity contribution in [3.63, 3.8) is 0 Å². The van der Waals surface area contributed by atoms with Crippen molar-refractivity contribution in [1.29, 1.82) is 0 Å². The molecule has 134 valence electrons. The van der Waals surface area contributed by atoms with Crippen LogP contribution in [0.1, 0.15) is 32.6 Å². The first kappa shape index (κ1) is 15.6. The van der Waals surface area contributed by atoms with Gasteiger partial charge in [-0.3, -0.25) is 9.59 Å². The molecule has 0 amide bonds. The first-order valence-electron chi connectivity index (χ1n) is 8.89. The predicted molar refractivity (Wildman–Crippen MR) is 85.2 cm³/mol. The molecule has 1 heterocycles. The van der Waals surface area contributed by atoms with Gasteiger partial charge in [0.15, 0.2) is 0 Å². The number of carbonyl (C=O) groups excluding carboxylic acids is 1. The molecule has 4 aliphatic carbocycles. The third-order valence-electron chi connectivity index (χ3n) is 7.95. The summed E-state index contributed by atoms with van der Waals surface area (Å²) < 4.78 is 5.34. The summed E-state index contributed by atoms with van der Waals surface area (Å²) in [5.74, 6) is -2.92. The lowest BCUT2D eigenvalue weighted by atomic mass is 9.61. The number of rotatable bonds is 1. The highest BCUT2D eigenvalue weighted by Gasteiger charge is 2.75. The molecular weight excluding hydrogens is 324 g/mol. The molecule has 3 saturated carbocycles. The van der Waals surface area contributed by atoms with E-state index in [1.807, 2.05) is 0 Å². The van der Waals surface area contributed by atoms with Crippen molar-refractivity contribution in [2.24, 2.45) is 28.6 Å². The second-order valence-corrected chi connectivity index (χ2v) is 8.87. The SMILES string of the molecule is C=C1C[C@]23C[C@@]1(O)CC[C@@H]2C1=C[C@@H]2OC(=O)[C@](C)([C@H]2O)[C@@H]1[C@@H]3C(=O)O. The van der Waals surface area contributed by atoms with E-state index in [0.717, 1.165) is 5.57 Å². The molecule has 8 atom stereocenters. The third-order valence-corrected chi connectivity index (χ3v) is 7.95. The van der Waals surface area contributed by atoms with Gasteiger partial charge in [-0.05, 0) is 55.6 Å². The number of carboxylic acids is 1. The highest BCUT2D eigenvalue weighted by Crippen LogP contribution is 2.74. The fraction of sp³-hybridized carbons (Fsp3) is 0.684. The van der Waals surface area contributed by atoms with Gasteiger partial charge in [0.2, 0.25) is 0 Å². The number of allylic oxidation sites excluding steroid dienone is 1. The van der Waals surface area contributed by atoms with Crippen LogP contribution in [0.4, 0.5) is 0 Å². The number of hydrogen-bond acceptors (Lipinski definition) is 5. The summed E-state index contributed by atoms with van der Waals surface area (Å²) >= 11 is 0. The molecule has 1 spiro atoms. The number of fused-ring (bicyclic) bond motifs is 6. The van der Waals surface area contributed by atoms with Crippen molar-refractivity contribution < 1.29 is 29.6 Å². The second-order valence-electron chi connectivity index (χ2n) is 8.87. The lowest BCUT2D eigenvalue weighted by Gasteiger charge is -2.41. The number of ether oxygens (including phenoxy) is 1. The highest BCUT2D eigenvalue weighted by atomic mass is 16.6. The Balaban J connectivity index is 1.75. The van der Waals surface area contributed by atoms with E-state index >= 15 is 0 Å². The molecule has 1 saturated heterocycles. The molecule has 3 N–H and O–H groups in total. The van der Waals surface area contributed by atoms with Gasteiger partial charge < -0.3 is 20.1 Å². The van der Waals surface area contributed by atoms with Gasteiger partial charge in [-0.25, -0.2) is 0 Å². The summed E-state index contributed by atoms with van der Waals surface area (Å²) in [5, 5.41) is 31.7. The summed E-state index contributed by atoms with van der Waals surface area (Å²) in [6.07, 6.45) is 2.14. The van der Waals surface area contributed by atoms with Crippen LogP contribution in [0, 0.1) is 28.6 Å². The molecule has 4 fully saturated rings. The zero-order valence-electron chi connectivity index (χ0n) is 14.1. The first-order valence-corrected chi connectivity index (χ1v) is 8.89. The van der Waals surface area contributed by atoms with Gasteiger partial charge in [0.25, 0.3) is 0 Å². The molecule has 0 aromatic carbocycles. The summed E-state index contributed by atoms with van der Waals surface area (Å²) in [4.78, 5) is 24.9. The van der Waals surface area contributed by atoms with Gasteiger partial charge in [0.05, 0.1) is 11.5 Å². The number of aliphatic hydroxyl groups excluding tert-OH is 1. The molecule has 0 aromatic heterocycles. The minimum atomic E-state index is -1.24. The number of hydrogen-bond donors (Lipinski definition) is 3. The van der Waals surface area contributed by atoms with Crippen LogP contribution in [-0.4, -0.2) is 45.1 Å². The van der Waals surface area contributed by atoms with Crippen molar-refractivity contribution in [2.75, 3.05) is 0 Å². The van der Waals surface area contributed by atoms with E-state index in [9.17, 15) is 24.9 Å². The molecule has 25 heavy (non-hydrogen) atoms. The Kier molecular flexibility index (Phi) is 2.60. The van der Waals surface area contributed by atoms with Crippen LogP contribution in [0.5, 0.6) is 0 Å². The first-order chi connectivity index (χ1) is 11.6. The lowest BCUT2D eigenvalue weighted by Crippen LogP contribution is -2.50. The van der Waals surface area contributed by atoms with Gasteiger partial charge in [0, 0.05) is 5.92 Å². The standard InChI is InChI=1S/C19H22O6/c1-8-6-18-7-19(8,24)4-3-10(18)9-5-11-14(20)17(2,16(23)25-11)12(9)13(18)15(21)22/h5,10-14,20,24H,1,3-4,6-7H2,2H3,(H,21,22)/t10-,11+,12+,13-,14+,17+,18+,19+/m1/s1. The van der Waals surface area contributed by atoms with E-state index in [-0.39, 0.29) is 5.92 Å². The molecule has 1 aliphatic heterocycles. The molecule has 0 aromatic rings. The molecule has 6 nitrogen and oxygen atoms in total. The van der Waals surface area contributed by atoms with Crippen LogP contribution in [0.15, 0.2) is 23.8 Å². The quantitative estimate of drug-likeness (QED) is 0.484. The zero-order chi connectivity index (χ0) is 17.9. The maximum Gasteiger partial charge on any atom is 0.315 e. The number of aliphatic hydroxyl groups is 2. The van der Waals surface area contributed by atoms with E-state index in [4.69, 9.17) is 4.74 Å². The summed E-state index contributed by atoms with van der Waals surface area (Å²) in [7, 11) is 0. The molecule has 6 heteroatoms. The highest BCUT2D eigenvalue weighted by molar-refractivity contribution is 5.85. The van der Waals surface area contributed by atoms with Crippen molar-refractivity contribution in [3.8, 4) is 0 Å². The van der Waals surface area contributed by atoms with Crippen LogP contribution in [0.25, 0.3) is 0 Å². The van der Waals surface area contributed by atoms with Crippen molar-refractivity contribution in [2.45, 2.75) is 50.4 Å². The topological polar surface area (TPSA) is 104 Å². The largest absolute Gasteiger partial charge is 0.481 e. The molecule has 4 bridgehead atoms. The Bertz CT molecular complexity index is 770. The van der Waals surface area contributed by atoms with Gasteiger partial charge in [0.1, 0.15) is 17.6 Å². The fourth-order valence-corrected chi connectivity index (χ4v) is 6.86. The maximum absolute atomic E-state index is 12.6. The number of aliphatic carboxylic acids is 1. The van der Waals surface area contributed by atoms with E-state index < -0.39 is 52.4 Å². The number of carbonyl (C=O) groups is 2. The Hall–Kier alpha value is -1.66. The van der Waals surface area contributed by atoms with Gasteiger partial charge in [-0.15, -0.1) is 0 Å². The van der Waals surface area contributed by atoms with Crippen LogP contribution in [0.2, 0.25) is 0 Å². The van der Waals surface area contributed by atoms with Gasteiger partial charge in [-0.2, -0.15) is 0 Å². The van der Waals surface area contributed by atoms with Crippen molar-refractivity contribution >= 4 is 11.9 Å². The summed E-state index contributed by atoms with van der Waals surface area (Å²) in [6, 6.07) is 0. The summed E-state index contributed by atoms with van der Waals surface area (Å²) in [5.41, 5.74) is -1.23. The summed E-state index contributed by atoms with van der Waals surface area (Å²) in [6.45, 7) is 5.66. The fourth-order valence-electron chi connectivity index (χ4n) is 6.86. The lowest BCUT2D eigenvalue weighted by molar-refractivity contribution is -0.157. The normalized spacial score (nSPS) is 55.5. The maximum atomic E-state index is 12.6. The van der Waals surface area contributed by atoms with E-state index in [1.54, 1.807) is 13.0 Å². The van der Waals surface area contributed by atoms with Crippen LogP contribution < -0.4 is 0 Å². The van der Waals surface area contributed by atoms with Gasteiger partial charge >= 0.3 is 11.9 Å². The van der Waals surface area contributed by atoms with Crippen LogP contribution >= 0.6 is 0 Å². The molecule has 0 radical (unpaired) electrons. The Morgan fingerprint density at radius 1 is 1.44 bits per heavy atom. The smallest absolute Gasteiger partial charge is 0.315 e. The zero-order valence-corrected chi connectivity index (χ0v) is 14.1. The van der Waals surface area contributed by atoms with E-state index in [2.05, 4.69) is 6.58 Å². The van der Waals surface area contributed by atoms with E-state index in [1.165, 1.54) is 0 Å². The Labute approximate surface area is 145 Å². The third kappa shape index (κ3) is 1.47. The minimum Gasteiger partial charge on any atom is -0.481 e. The Morgan fingerprint density at radius 2 is 2.16 bits per heavy atom. The predicted octanol–water partition coefficient (Wildman–Crippen LogP) is 1.03. The molecular formula is C19H22O6. The van der Waals surface area contributed by atoms with Crippen LogP contribution in [-0.2, 0) is 14.3 Å². The number of carboxylic acid groups (broad SMARTS) is 1. The van der Waals surface area contributed by atoms with Crippen LogP contribution in [0.3, 0.4) is 0 Å². The molecule has 0 unspecified atom stereocenters. The molecule has 5 aliphatic rings. The van der Waals surface area contributed by atoms with Crippen molar-refractivity contribution in [3.05, 3.63) is 23.8 Å². The number of esters is 1. The van der Waals surface area contributed by atoms with E-state index in [0.29, 0.717) is 31.3 Å². The average molecular weight is 346 g/mol.